The third-order valence-corrected chi connectivity index (χ3v) is 4.89. The van der Waals surface area contributed by atoms with E-state index in [0.717, 1.165) is 11.1 Å². The van der Waals surface area contributed by atoms with Gasteiger partial charge in [0.2, 0.25) is 0 Å². The number of ether oxygens (including phenoxy) is 4. The molecule has 8 heteroatoms. The molecule has 0 heterocycles. The number of hydrogen-bond acceptors (Lipinski definition) is 6. The zero-order valence-corrected chi connectivity index (χ0v) is 20.1. The number of hydrazone groups is 1. The summed E-state index contributed by atoms with van der Waals surface area (Å²) in [4.78, 5) is 12.5. The van der Waals surface area contributed by atoms with Crippen LogP contribution < -0.4 is 24.4 Å². The SMILES string of the molecule is CCOc1ccc(C(=O)N/N=C/c2ccc(OCc3cccc(Cl)c3)c(OCC)c2)cc1OC. The van der Waals surface area contributed by atoms with Crippen molar-refractivity contribution in [2.75, 3.05) is 20.3 Å². The second kappa shape index (κ2) is 12.5. The maximum atomic E-state index is 12.5. The van der Waals surface area contributed by atoms with Gasteiger partial charge in [0, 0.05) is 10.6 Å². The molecule has 0 spiro atoms. The van der Waals surface area contributed by atoms with Crippen LogP contribution in [0.25, 0.3) is 0 Å². The van der Waals surface area contributed by atoms with Gasteiger partial charge in [0.05, 0.1) is 26.5 Å². The van der Waals surface area contributed by atoms with Crippen molar-refractivity contribution in [2.24, 2.45) is 5.10 Å². The summed E-state index contributed by atoms with van der Waals surface area (Å²) in [5.74, 6) is 1.86. The highest BCUT2D eigenvalue weighted by Gasteiger charge is 2.11. The van der Waals surface area contributed by atoms with Crippen molar-refractivity contribution < 1.29 is 23.7 Å². The fourth-order valence-corrected chi connectivity index (χ4v) is 3.31. The zero-order chi connectivity index (χ0) is 24.3. The van der Waals surface area contributed by atoms with E-state index in [1.807, 2.05) is 44.2 Å². The molecule has 0 saturated heterocycles. The molecule has 1 amide bonds. The van der Waals surface area contributed by atoms with Crippen molar-refractivity contribution in [3.63, 3.8) is 0 Å². The van der Waals surface area contributed by atoms with Crippen LogP contribution in [0.15, 0.2) is 65.8 Å². The van der Waals surface area contributed by atoms with Crippen LogP contribution in [0.2, 0.25) is 5.02 Å². The van der Waals surface area contributed by atoms with Crippen LogP contribution in [0.5, 0.6) is 23.0 Å². The van der Waals surface area contributed by atoms with Crippen LogP contribution in [-0.2, 0) is 6.61 Å². The Hall–Kier alpha value is -3.71. The molecule has 0 bridgehead atoms. The van der Waals surface area contributed by atoms with Crippen molar-refractivity contribution in [1.82, 2.24) is 5.43 Å². The predicted octanol–water partition coefficient (Wildman–Crippen LogP) is 5.49. The van der Waals surface area contributed by atoms with Gasteiger partial charge in [-0.2, -0.15) is 5.10 Å². The van der Waals surface area contributed by atoms with Gasteiger partial charge >= 0.3 is 0 Å². The molecule has 1 N–H and O–H groups in total. The third kappa shape index (κ3) is 6.89. The van der Waals surface area contributed by atoms with E-state index in [-0.39, 0.29) is 5.91 Å². The minimum absolute atomic E-state index is 0.357. The summed E-state index contributed by atoms with van der Waals surface area (Å²) in [7, 11) is 1.52. The number of rotatable bonds is 11. The van der Waals surface area contributed by atoms with E-state index in [4.69, 9.17) is 30.5 Å². The highest BCUT2D eigenvalue weighted by Crippen LogP contribution is 2.29. The van der Waals surface area contributed by atoms with Crippen LogP contribution in [0, 0.1) is 0 Å². The van der Waals surface area contributed by atoms with E-state index >= 15 is 0 Å². The molecular weight excluding hydrogens is 456 g/mol. The van der Waals surface area contributed by atoms with Gasteiger partial charge in [-0.25, -0.2) is 5.43 Å². The maximum absolute atomic E-state index is 12.5. The minimum Gasteiger partial charge on any atom is -0.493 e. The van der Waals surface area contributed by atoms with Gasteiger partial charge in [0.15, 0.2) is 23.0 Å². The molecular formula is C26H27ClN2O5. The number of amides is 1. The Labute approximate surface area is 204 Å². The molecule has 0 fully saturated rings. The van der Waals surface area contributed by atoms with Crippen LogP contribution >= 0.6 is 11.6 Å². The molecule has 0 aromatic heterocycles. The fourth-order valence-electron chi connectivity index (χ4n) is 3.09. The lowest BCUT2D eigenvalue weighted by Gasteiger charge is -2.13. The zero-order valence-electron chi connectivity index (χ0n) is 19.3. The van der Waals surface area contributed by atoms with Crippen LogP contribution in [-0.4, -0.2) is 32.4 Å². The highest BCUT2D eigenvalue weighted by atomic mass is 35.5. The summed E-state index contributed by atoms with van der Waals surface area (Å²) < 4.78 is 22.4. The summed E-state index contributed by atoms with van der Waals surface area (Å²) >= 11 is 6.04. The number of hydrogen-bond donors (Lipinski definition) is 1. The lowest BCUT2D eigenvalue weighted by Crippen LogP contribution is -2.17. The van der Waals surface area contributed by atoms with E-state index < -0.39 is 0 Å². The fraction of sp³-hybridized carbons (Fsp3) is 0.231. The Balaban J connectivity index is 1.66. The molecule has 0 atom stereocenters. The second-order valence-electron chi connectivity index (χ2n) is 7.06. The van der Waals surface area contributed by atoms with Crippen LogP contribution in [0.3, 0.4) is 0 Å². The first kappa shape index (κ1) is 24.9. The van der Waals surface area contributed by atoms with Gasteiger partial charge < -0.3 is 18.9 Å². The van der Waals surface area contributed by atoms with Crippen molar-refractivity contribution >= 4 is 23.7 Å². The highest BCUT2D eigenvalue weighted by molar-refractivity contribution is 6.30. The number of halogens is 1. The number of methoxy groups -OCH3 is 1. The molecule has 3 rings (SSSR count). The first-order chi connectivity index (χ1) is 16.5. The summed E-state index contributed by atoms with van der Waals surface area (Å²) in [6.07, 6.45) is 1.53. The van der Waals surface area contributed by atoms with Gasteiger partial charge in [-0.05, 0) is 73.5 Å². The Bertz CT molecular complexity index is 1150. The van der Waals surface area contributed by atoms with E-state index in [1.54, 1.807) is 30.3 Å². The Morgan fingerprint density at radius 1 is 0.912 bits per heavy atom. The number of benzene rings is 3. The van der Waals surface area contributed by atoms with Gasteiger partial charge in [-0.15, -0.1) is 0 Å². The topological polar surface area (TPSA) is 78.4 Å². The largest absolute Gasteiger partial charge is 0.493 e. The molecule has 3 aromatic rings. The lowest BCUT2D eigenvalue weighted by molar-refractivity contribution is 0.0954. The summed E-state index contributed by atoms with van der Waals surface area (Å²) in [6.45, 7) is 5.11. The molecule has 0 aliphatic heterocycles. The predicted molar refractivity (Wildman–Crippen MR) is 133 cm³/mol. The molecule has 0 unspecified atom stereocenters. The Morgan fingerprint density at radius 3 is 2.38 bits per heavy atom. The normalized spacial score (nSPS) is 10.7. The van der Waals surface area contributed by atoms with Crippen LogP contribution in [0.4, 0.5) is 0 Å². The molecule has 178 valence electrons. The first-order valence-corrected chi connectivity index (χ1v) is 11.2. The monoisotopic (exact) mass is 482 g/mol. The molecule has 0 saturated carbocycles. The minimum atomic E-state index is -0.371. The molecule has 7 nitrogen and oxygen atoms in total. The Morgan fingerprint density at radius 2 is 1.65 bits per heavy atom. The molecule has 0 radical (unpaired) electrons. The van der Waals surface area contributed by atoms with Crippen LogP contribution in [0.1, 0.15) is 35.3 Å². The van der Waals surface area contributed by atoms with Crippen molar-refractivity contribution in [3.05, 3.63) is 82.4 Å². The first-order valence-electron chi connectivity index (χ1n) is 10.8. The van der Waals surface area contributed by atoms with Gasteiger partial charge in [0.1, 0.15) is 6.61 Å². The summed E-state index contributed by atoms with van der Waals surface area (Å²) in [6, 6.07) is 17.9. The van der Waals surface area contributed by atoms with E-state index in [9.17, 15) is 4.79 Å². The summed E-state index contributed by atoms with van der Waals surface area (Å²) in [5.41, 5.74) is 4.61. The van der Waals surface area contributed by atoms with Crippen molar-refractivity contribution in [3.8, 4) is 23.0 Å². The molecule has 0 aliphatic carbocycles. The Kier molecular flexibility index (Phi) is 9.17. The molecule has 3 aromatic carbocycles. The maximum Gasteiger partial charge on any atom is 0.271 e. The third-order valence-electron chi connectivity index (χ3n) is 4.66. The quantitative estimate of drug-likeness (QED) is 0.289. The average Bonchev–Trinajstić information content (AvgIpc) is 2.84. The van der Waals surface area contributed by atoms with Crippen molar-refractivity contribution in [1.29, 1.82) is 0 Å². The van der Waals surface area contributed by atoms with E-state index in [2.05, 4.69) is 10.5 Å². The number of carbonyl (C=O) groups is 1. The van der Waals surface area contributed by atoms with Crippen molar-refractivity contribution in [2.45, 2.75) is 20.5 Å². The average molecular weight is 483 g/mol. The standard InChI is InChI=1S/C26H27ClN2O5/c1-4-32-22-12-10-20(15-24(22)31-3)26(30)29-28-16-18-9-11-23(25(14-18)33-5-2)34-17-19-7-6-8-21(27)13-19/h6-16H,4-5,17H2,1-3H3,(H,29,30)/b28-16+. The summed E-state index contributed by atoms with van der Waals surface area (Å²) in [5, 5.41) is 4.71. The van der Waals surface area contributed by atoms with Gasteiger partial charge in [-0.3, -0.25) is 4.79 Å². The second-order valence-corrected chi connectivity index (χ2v) is 7.49. The molecule has 34 heavy (non-hydrogen) atoms. The van der Waals surface area contributed by atoms with Gasteiger partial charge in [0.25, 0.3) is 5.91 Å². The van der Waals surface area contributed by atoms with Gasteiger partial charge in [-0.1, -0.05) is 23.7 Å². The molecule has 0 aliphatic rings. The number of nitrogens with one attached hydrogen (secondary N) is 1. The lowest BCUT2D eigenvalue weighted by atomic mass is 10.2. The van der Waals surface area contributed by atoms with E-state index in [0.29, 0.717) is 53.4 Å². The smallest absolute Gasteiger partial charge is 0.271 e. The number of carbonyl (C=O) groups excluding carboxylic acids is 1. The van der Waals surface area contributed by atoms with E-state index in [1.165, 1.54) is 13.3 Å². The number of nitrogens with zero attached hydrogens (tertiary/aromatic N) is 1.